The van der Waals surface area contributed by atoms with Gasteiger partial charge >= 0.3 is 0 Å². The Morgan fingerprint density at radius 3 is 0.903 bits per heavy atom. The quantitative estimate of drug-likeness (QED) is 0.164. The average molecular weight is 801 g/mol. The van der Waals surface area contributed by atoms with Crippen LogP contribution in [0.4, 0.5) is 34.1 Å². The minimum absolute atomic E-state index is 0.139. The highest BCUT2D eigenvalue weighted by atomic mass is 15.2. The zero-order valence-electron chi connectivity index (χ0n) is 37.1. The third-order valence-corrected chi connectivity index (χ3v) is 13.9. The minimum atomic E-state index is -0.139. The Labute approximate surface area is 366 Å². The molecule has 0 unspecified atom stereocenters. The molecule has 11 rings (SSSR count). The summed E-state index contributed by atoms with van der Waals surface area (Å²) in [5.74, 6) is 0. The Morgan fingerprint density at radius 1 is 0.306 bits per heavy atom. The van der Waals surface area contributed by atoms with Crippen LogP contribution in [0.25, 0.3) is 43.8 Å². The first-order chi connectivity index (χ1) is 29.9. The molecule has 0 amide bonds. The highest BCUT2D eigenvalue weighted by molar-refractivity contribution is 6.23. The number of fused-ring (bicyclic) bond motifs is 6. The summed E-state index contributed by atoms with van der Waals surface area (Å²) in [5.41, 5.74) is 22.4. The zero-order valence-corrected chi connectivity index (χ0v) is 37.1. The van der Waals surface area contributed by atoms with Crippen molar-refractivity contribution in [3.63, 3.8) is 0 Å². The monoisotopic (exact) mass is 800 g/mol. The molecule has 2 heteroatoms. The standard InChI is InChI=1S/C60H52N2/c1-37-29-38(2)32-41(31-37)57-45-27-25-44(62-55-23-15-11-19-51(55)60(7,8)52-20-12-16-24-56(52)62)36-48(45)58(42-33-39(3)30-40(4)34-42)46-28-26-43(35-47(46)57)61-53-21-13-9-17-49(53)59(5,6)50-18-10-14-22-54(50)61/h9-36H,1-8H3. The fourth-order valence-electron chi connectivity index (χ4n) is 11.2. The van der Waals surface area contributed by atoms with Gasteiger partial charge in [-0.1, -0.05) is 171 Å². The third-order valence-electron chi connectivity index (χ3n) is 13.9. The molecule has 2 nitrogen and oxygen atoms in total. The van der Waals surface area contributed by atoms with Crippen LogP contribution in [0.3, 0.4) is 0 Å². The smallest absolute Gasteiger partial charge is 0.0502 e. The van der Waals surface area contributed by atoms with Gasteiger partial charge in [0.2, 0.25) is 0 Å². The van der Waals surface area contributed by atoms with Gasteiger partial charge in [0.25, 0.3) is 0 Å². The maximum Gasteiger partial charge on any atom is 0.0502 e. The van der Waals surface area contributed by atoms with Crippen LogP contribution in [0.2, 0.25) is 0 Å². The zero-order chi connectivity index (χ0) is 42.7. The molecule has 302 valence electrons. The number of para-hydroxylation sites is 4. The molecule has 0 N–H and O–H groups in total. The van der Waals surface area contributed by atoms with Gasteiger partial charge in [-0.2, -0.15) is 0 Å². The Hall–Kier alpha value is -6.90. The molecule has 0 fully saturated rings. The molecule has 62 heavy (non-hydrogen) atoms. The van der Waals surface area contributed by atoms with E-state index in [4.69, 9.17) is 0 Å². The predicted molar refractivity (Wildman–Crippen MR) is 265 cm³/mol. The Kier molecular flexibility index (Phi) is 8.48. The largest absolute Gasteiger partial charge is 0.310 e. The van der Waals surface area contributed by atoms with Gasteiger partial charge in [0.1, 0.15) is 0 Å². The van der Waals surface area contributed by atoms with Gasteiger partial charge in [0.05, 0.1) is 22.7 Å². The summed E-state index contributed by atoms with van der Waals surface area (Å²) in [5, 5.41) is 4.99. The number of aryl methyl sites for hydroxylation is 4. The van der Waals surface area contributed by atoms with E-state index >= 15 is 0 Å². The SMILES string of the molecule is Cc1cc(C)cc(-c2c3ccc(N4c5ccccc5C(C)(C)c5ccccc54)cc3c(-c3cc(C)cc(C)c3)c3ccc(N4c5ccccc5C(C)(C)c5ccccc54)cc23)c1. The molecule has 2 aliphatic rings. The maximum atomic E-state index is 2.50. The number of benzene rings is 9. The summed E-state index contributed by atoms with van der Waals surface area (Å²) >= 11 is 0. The average Bonchev–Trinajstić information content (AvgIpc) is 3.25. The first-order valence-electron chi connectivity index (χ1n) is 22.1. The van der Waals surface area contributed by atoms with Crippen molar-refractivity contribution >= 4 is 55.7 Å². The number of nitrogens with zero attached hydrogens (tertiary/aromatic N) is 2. The fourth-order valence-corrected chi connectivity index (χ4v) is 11.2. The number of hydrogen-bond acceptors (Lipinski definition) is 2. The second-order valence-electron chi connectivity index (χ2n) is 19.0. The summed E-state index contributed by atoms with van der Waals surface area (Å²) in [6, 6.07) is 64.5. The summed E-state index contributed by atoms with van der Waals surface area (Å²) in [6.07, 6.45) is 0. The van der Waals surface area contributed by atoms with Crippen molar-refractivity contribution in [3.8, 4) is 22.3 Å². The van der Waals surface area contributed by atoms with Crippen molar-refractivity contribution in [2.24, 2.45) is 0 Å². The van der Waals surface area contributed by atoms with Gasteiger partial charge in [-0.25, -0.2) is 0 Å². The van der Waals surface area contributed by atoms with Gasteiger partial charge in [-0.05, 0) is 142 Å². The molecule has 0 atom stereocenters. The van der Waals surface area contributed by atoms with Crippen molar-refractivity contribution in [1.29, 1.82) is 0 Å². The van der Waals surface area contributed by atoms with Crippen molar-refractivity contribution in [2.75, 3.05) is 9.80 Å². The van der Waals surface area contributed by atoms with Crippen molar-refractivity contribution in [2.45, 2.75) is 66.2 Å². The molecule has 0 aliphatic carbocycles. The molecule has 0 saturated carbocycles. The maximum absolute atomic E-state index is 2.50. The van der Waals surface area contributed by atoms with Gasteiger partial charge in [-0.3, -0.25) is 0 Å². The van der Waals surface area contributed by atoms with E-state index in [1.54, 1.807) is 0 Å². The van der Waals surface area contributed by atoms with E-state index in [2.05, 4.69) is 235 Å². The minimum Gasteiger partial charge on any atom is -0.310 e. The molecule has 0 spiro atoms. The molecular formula is C60H52N2. The predicted octanol–water partition coefficient (Wildman–Crippen LogP) is 16.8. The van der Waals surface area contributed by atoms with Crippen molar-refractivity contribution in [1.82, 2.24) is 0 Å². The van der Waals surface area contributed by atoms with Crippen LogP contribution in [-0.4, -0.2) is 0 Å². The van der Waals surface area contributed by atoms with Crippen LogP contribution in [-0.2, 0) is 10.8 Å². The lowest BCUT2D eigenvalue weighted by atomic mass is 9.73. The van der Waals surface area contributed by atoms with Crippen LogP contribution in [0.1, 0.15) is 72.2 Å². The molecule has 0 aromatic heterocycles. The molecule has 0 radical (unpaired) electrons. The summed E-state index contributed by atoms with van der Waals surface area (Å²) in [7, 11) is 0. The first-order valence-corrected chi connectivity index (χ1v) is 22.1. The lowest BCUT2D eigenvalue weighted by Crippen LogP contribution is -2.30. The van der Waals surface area contributed by atoms with Crippen LogP contribution < -0.4 is 9.80 Å². The topological polar surface area (TPSA) is 6.48 Å². The lowest BCUT2D eigenvalue weighted by Gasteiger charge is -2.42. The highest BCUT2D eigenvalue weighted by Crippen LogP contribution is 2.55. The van der Waals surface area contributed by atoms with Crippen LogP contribution in [0.5, 0.6) is 0 Å². The van der Waals surface area contributed by atoms with Crippen LogP contribution >= 0.6 is 0 Å². The number of rotatable bonds is 4. The van der Waals surface area contributed by atoms with E-state index in [1.807, 2.05) is 0 Å². The highest BCUT2D eigenvalue weighted by Gasteiger charge is 2.38. The molecule has 9 aromatic rings. The number of hydrogen-bond donors (Lipinski definition) is 0. The molecular weight excluding hydrogens is 749 g/mol. The Morgan fingerprint density at radius 2 is 0.597 bits per heavy atom. The summed E-state index contributed by atoms with van der Waals surface area (Å²) in [4.78, 5) is 4.99. The van der Waals surface area contributed by atoms with Crippen LogP contribution in [0, 0.1) is 27.7 Å². The van der Waals surface area contributed by atoms with E-state index in [0.29, 0.717) is 0 Å². The lowest BCUT2D eigenvalue weighted by molar-refractivity contribution is 0.632. The first kappa shape index (κ1) is 38.1. The third kappa shape index (κ3) is 5.69. The molecule has 2 heterocycles. The molecule has 9 aromatic carbocycles. The van der Waals surface area contributed by atoms with Gasteiger partial charge in [0.15, 0.2) is 0 Å². The van der Waals surface area contributed by atoms with Crippen molar-refractivity contribution < 1.29 is 0 Å². The summed E-state index contributed by atoms with van der Waals surface area (Å²) in [6.45, 7) is 18.3. The summed E-state index contributed by atoms with van der Waals surface area (Å²) < 4.78 is 0. The van der Waals surface area contributed by atoms with Gasteiger partial charge in [-0.15, -0.1) is 0 Å². The van der Waals surface area contributed by atoms with E-state index in [1.165, 1.54) is 111 Å². The van der Waals surface area contributed by atoms with E-state index in [0.717, 1.165) is 11.4 Å². The number of anilines is 6. The fraction of sp³-hybridized carbons (Fsp3) is 0.167. The molecule has 0 bridgehead atoms. The Bertz CT molecular complexity index is 2950. The normalized spacial score (nSPS) is 14.6. The van der Waals surface area contributed by atoms with Gasteiger partial charge in [0, 0.05) is 22.2 Å². The van der Waals surface area contributed by atoms with E-state index in [9.17, 15) is 0 Å². The Balaban J connectivity index is 1.26. The van der Waals surface area contributed by atoms with Crippen LogP contribution in [0.15, 0.2) is 170 Å². The van der Waals surface area contributed by atoms with E-state index < -0.39 is 0 Å². The van der Waals surface area contributed by atoms with E-state index in [-0.39, 0.29) is 10.8 Å². The van der Waals surface area contributed by atoms with Crippen molar-refractivity contribution in [3.05, 3.63) is 214 Å². The molecule has 0 saturated heterocycles. The molecule has 2 aliphatic heterocycles. The second kappa shape index (κ2) is 13.8. The van der Waals surface area contributed by atoms with Gasteiger partial charge < -0.3 is 9.80 Å². The second-order valence-corrected chi connectivity index (χ2v) is 19.0.